The molecule has 5 heteroatoms. The molecular formula is C15H17ClFNO2. The van der Waals surface area contributed by atoms with Crippen molar-refractivity contribution < 1.29 is 13.9 Å². The number of carbonyl (C=O) groups is 1. The first kappa shape index (κ1) is 16.3. The van der Waals surface area contributed by atoms with Gasteiger partial charge >= 0.3 is 6.09 Å². The highest BCUT2D eigenvalue weighted by Crippen LogP contribution is 2.13. The van der Waals surface area contributed by atoms with Crippen molar-refractivity contribution in [1.82, 2.24) is 5.32 Å². The summed E-state index contributed by atoms with van der Waals surface area (Å²) in [5.74, 6) is 5.03. The van der Waals surface area contributed by atoms with Gasteiger partial charge in [-0.1, -0.05) is 23.4 Å². The van der Waals surface area contributed by atoms with Gasteiger partial charge in [-0.2, -0.15) is 0 Å². The summed E-state index contributed by atoms with van der Waals surface area (Å²) >= 11 is 5.75. The zero-order valence-corrected chi connectivity index (χ0v) is 12.5. The van der Waals surface area contributed by atoms with Crippen molar-refractivity contribution in [3.8, 4) is 11.8 Å². The molecule has 20 heavy (non-hydrogen) atoms. The zero-order valence-electron chi connectivity index (χ0n) is 11.7. The van der Waals surface area contributed by atoms with Crippen LogP contribution in [0, 0.1) is 17.7 Å². The van der Waals surface area contributed by atoms with Crippen molar-refractivity contribution in [2.24, 2.45) is 0 Å². The predicted octanol–water partition coefficient (Wildman–Crippen LogP) is 3.75. The largest absolute Gasteiger partial charge is 0.444 e. The zero-order chi connectivity index (χ0) is 15.2. The quantitative estimate of drug-likeness (QED) is 0.667. The molecule has 0 spiro atoms. The van der Waals surface area contributed by atoms with Crippen LogP contribution in [0.25, 0.3) is 0 Å². The Morgan fingerprint density at radius 3 is 2.80 bits per heavy atom. The molecule has 0 unspecified atom stereocenters. The van der Waals surface area contributed by atoms with E-state index >= 15 is 0 Å². The molecule has 0 aromatic heterocycles. The van der Waals surface area contributed by atoms with Crippen LogP contribution >= 0.6 is 11.6 Å². The molecule has 1 aromatic rings. The summed E-state index contributed by atoms with van der Waals surface area (Å²) in [6.07, 6.45) is -0.0983. The average Bonchev–Trinajstić information content (AvgIpc) is 2.30. The van der Waals surface area contributed by atoms with E-state index in [2.05, 4.69) is 17.2 Å². The lowest BCUT2D eigenvalue weighted by Crippen LogP contribution is -2.32. The third kappa shape index (κ3) is 6.44. The fourth-order valence-corrected chi connectivity index (χ4v) is 1.46. The Bertz CT molecular complexity index is 541. The van der Waals surface area contributed by atoms with Gasteiger partial charge in [0, 0.05) is 18.0 Å². The van der Waals surface area contributed by atoms with Gasteiger partial charge in [0.15, 0.2) is 0 Å². The van der Waals surface area contributed by atoms with Gasteiger partial charge in [0.2, 0.25) is 0 Å². The number of hydrogen-bond donors (Lipinski definition) is 1. The van der Waals surface area contributed by atoms with E-state index in [-0.39, 0.29) is 5.56 Å². The fraction of sp³-hybridized carbons (Fsp3) is 0.400. The number of nitrogens with one attached hydrogen (secondary N) is 1. The fourth-order valence-electron chi connectivity index (χ4n) is 1.29. The molecule has 3 nitrogen and oxygen atoms in total. The van der Waals surface area contributed by atoms with Crippen LogP contribution in [0.2, 0.25) is 5.02 Å². The lowest BCUT2D eigenvalue weighted by atomic mass is 10.2. The summed E-state index contributed by atoms with van der Waals surface area (Å²) in [6.45, 7) is 5.70. The van der Waals surface area contributed by atoms with E-state index in [0.29, 0.717) is 18.0 Å². The summed E-state index contributed by atoms with van der Waals surface area (Å²) in [4.78, 5) is 11.3. The minimum absolute atomic E-state index is 0.245. The first-order chi connectivity index (χ1) is 9.28. The lowest BCUT2D eigenvalue weighted by molar-refractivity contribution is 0.0529. The van der Waals surface area contributed by atoms with Crippen molar-refractivity contribution in [3.05, 3.63) is 34.6 Å². The molecule has 1 N–H and O–H groups in total. The molecule has 0 heterocycles. The maximum atomic E-state index is 13.3. The Morgan fingerprint density at radius 2 is 2.15 bits per heavy atom. The Labute approximate surface area is 123 Å². The van der Waals surface area contributed by atoms with E-state index in [1.54, 1.807) is 20.8 Å². The van der Waals surface area contributed by atoms with Gasteiger partial charge in [0.25, 0.3) is 0 Å². The number of hydrogen-bond acceptors (Lipinski definition) is 2. The van der Waals surface area contributed by atoms with E-state index in [4.69, 9.17) is 16.3 Å². The van der Waals surface area contributed by atoms with Crippen LogP contribution in [0.1, 0.15) is 32.8 Å². The van der Waals surface area contributed by atoms with E-state index < -0.39 is 17.5 Å². The average molecular weight is 298 g/mol. The predicted molar refractivity (Wildman–Crippen MR) is 77.1 cm³/mol. The second-order valence-electron chi connectivity index (χ2n) is 5.10. The molecule has 1 amide bonds. The molecule has 0 atom stereocenters. The van der Waals surface area contributed by atoms with Crippen LogP contribution in [0.15, 0.2) is 18.2 Å². The van der Waals surface area contributed by atoms with Gasteiger partial charge in [-0.05, 0) is 39.0 Å². The second kappa shape index (κ2) is 7.16. The topological polar surface area (TPSA) is 38.3 Å². The van der Waals surface area contributed by atoms with Crippen LogP contribution in [0.3, 0.4) is 0 Å². The number of benzene rings is 1. The molecule has 0 fully saturated rings. The van der Waals surface area contributed by atoms with Gasteiger partial charge in [-0.25, -0.2) is 9.18 Å². The second-order valence-corrected chi connectivity index (χ2v) is 5.54. The number of alkyl carbamates (subject to hydrolysis) is 1. The first-order valence-corrected chi connectivity index (χ1v) is 6.56. The molecule has 0 bridgehead atoms. The molecule has 0 radical (unpaired) electrons. The molecule has 0 saturated heterocycles. The molecule has 0 aliphatic rings. The Hall–Kier alpha value is -1.73. The monoisotopic (exact) mass is 297 g/mol. The van der Waals surface area contributed by atoms with Crippen molar-refractivity contribution >= 4 is 17.7 Å². The van der Waals surface area contributed by atoms with Crippen LogP contribution in [-0.2, 0) is 4.74 Å². The molecule has 108 valence electrons. The van der Waals surface area contributed by atoms with Gasteiger partial charge in [-0.15, -0.1) is 0 Å². The normalized spacial score (nSPS) is 10.4. The van der Waals surface area contributed by atoms with E-state index in [1.807, 2.05) is 0 Å². The van der Waals surface area contributed by atoms with Gasteiger partial charge in [0.1, 0.15) is 11.4 Å². The number of rotatable bonds is 2. The van der Waals surface area contributed by atoms with Gasteiger partial charge in [0.05, 0.1) is 5.56 Å². The third-order valence-corrected chi connectivity index (χ3v) is 2.30. The smallest absolute Gasteiger partial charge is 0.407 e. The highest BCUT2D eigenvalue weighted by atomic mass is 35.5. The van der Waals surface area contributed by atoms with Crippen LogP contribution < -0.4 is 5.32 Å². The Balaban J connectivity index is 2.40. The van der Waals surface area contributed by atoms with Crippen molar-refractivity contribution in [2.45, 2.75) is 32.8 Å². The Morgan fingerprint density at radius 1 is 1.45 bits per heavy atom. The molecule has 0 aliphatic carbocycles. The number of carbonyl (C=O) groups excluding carboxylic acids is 1. The molecule has 1 rings (SSSR count). The SMILES string of the molecule is CC(C)(C)OC(=O)NCCC#Cc1cc(Cl)ccc1F. The summed E-state index contributed by atoms with van der Waals surface area (Å²) in [5.41, 5.74) is -0.283. The van der Waals surface area contributed by atoms with E-state index in [0.717, 1.165) is 0 Å². The van der Waals surface area contributed by atoms with Crippen molar-refractivity contribution in [2.75, 3.05) is 6.54 Å². The molecule has 0 saturated carbocycles. The summed E-state index contributed by atoms with van der Waals surface area (Å²) < 4.78 is 18.4. The maximum absolute atomic E-state index is 13.3. The lowest BCUT2D eigenvalue weighted by Gasteiger charge is -2.19. The summed E-state index contributed by atoms with van der Waals surface area (Å²) in [5, 5.41) is 3.00. The maximum Gasteiger partial charge on any atom is 0.407 e. The van der Waals surface area contributed by atoms with Crippen LogP contribution in [0.4, 0.5) is 9.18 Å². The highest BCUT2D eigenvalue weighted by Gasteiger charge is 2.15. The number of ether oxygens (including phenoxy) is 1. The third-order valence-electron chi connectivity index (χ3n) is 2.07. The van der Waals surface area contributed by atoms with Gasteiger partial charge < -0.3 is 10.1 Å². The number of halogens is 2. The number of amides is 1. The minimum Gasteiger partial charge on any atom is -0.444 e. The Kier molecular flexibility index (Phi) is 5.84. The highest BCUT2D eigenvalue weighted by molar-refractivity contribution is 6.30. The molecule has 0 aliphatic heterocycles. The van der Waals surface area contributed by atoms with E-state index in [9.17, 15) is 9.18 Å². The summed E-state index contributed by atoms with van der Waals surface area (Å²) in [7, 11) is 0. The van der Waals surface area contributed by atoms with Crippen LogP contribution in [-0.4, -0.2) is 18.2 Å². The summed E-state index contributed by atoms with van der Waals surface area (Å²) in [6, 6.07) is 4.20. The molecular weight excluding hydrogens is 281 g/mol. The van der Waals surface area contributed by atoms with Crippen molar-refractivity contribution in [1.29, 1.82) is 0 Å². The minimum atomic E-state index is -0.528. The standard InChI is InChI=1S/C15H17ClFNO2/c1-15(2,3)20-14(19)18-9-5-4-6-11-10-12(16)7-8-13(11)17/h7-8,10H,5,9H2,1-3H3,(H,18,19). The van der Waals surface area contributed by atoms with E-state index in [1.165, 1.54) is 18.2 Å². The van der Waals surface area contributed by atoms with Gasteiger partial charge in [-0.3, -0.25) is 0 Å². The van der Waals surface area contributed by atoms with Crippen molar-refractivity contribution in [3.63, 3.8) is 0 Å². The van der Waals surface area contributed by atoms with Crippen LogP contribution in [0.5, 0.6) is 0 Å². The molecule has 1 aromatic carbocycles. The first-order valence-electron chi connectivity index (χ1n) is 6.19.